The number of hydrogen-bond donors (Lipinski definition) is 2. The van der Waals surface area contributed by atoms with Crippen LogP contribution in [0.15, 0.2) is 29.3 Å². The summed E-state index contributed by atoms with van der Waals surface area (Å²) in [6, 6.07) is 8.44. The van der Waals surface area contributed by atoms with Crippen LogP contribution in [0.25, 0.3) is 0 Å². The summed E-state index contributed by atoms with van der Waals surface area (Å²) >= 11 is 0. The summed E-state index contributed by atoms with van der Waals surface area (Å²) in [7, 11) is 1.80. The molecule has 0 unspecified atom stereocenters. The largest absolute Gasteiger partial charge is 0.356 e. The third-order valence-electron chi connectivity index (χ3n) is 4.72. The van der Waals surface area contributed by atoms with Gasteiger partial charge in [0.2, 0.25) is 5.91 Å². The molecule has 5 nitrogen and oxygen atoms in total. The zero-order valence-corrected chi connectivity index (χ0v) is 19.3. The van der Waals surface area contributed by atoms with E-state index in [0.717, 1.165) is 50.9 Å². The van der Waals surface area contributed by atoms with Crippen molar-refractivity contribution in [3.8, 4) is 0 Å². The van der Waals surface area contributed by atoms with Gasteiger partial charge >= 0.3 is 0 Å². The van der Waals surface area contributed by atoms with Gasteiger partial charge in [-0.3, -0.25) is 9.79 Å². The van der Waals surface area contributed by atoms with E-state index in [9.17, 15) is 4.79 Å². The Morgan fingerprint density at radius 2 is 2.00 bits per heavy atom. The number of halogens is 1. The van der Waals surface area contributed by atoms with Gasteiger partial charge in [0.15, 0.2) is 5.96 Å². The zero-order chi connectivity index (χ0) is 18.8. The molecule has 6 heteroatoms. The lowest BCUT2D eigenvalue weighted by Gasteiger charge is -2.16. The molecule has 0 spiro atoms. The van der Waals surface area contributed by atoms with Crippen LogP contribution in [0, 0.1) is 5.92 Å². The zero-order valence-electron chi connectivity index (χ0n) is 17.0. The molecule has 1 fully saturated rings. The predicted molar refractivity (Wildman–Crippen MR) is 123 cm³/mol. The highest BCUT2D eigenvalue weighted by molar-refractivity contribution is 14.0. The van der Waals surface area contributed by atoms with Crippen molar-refractivity contribution in [2.45, 2.75) is 59.0 Å². The number of nitrogens with zero attached hydrogens (tertiary/aromatic N) is 2. The summed E-state index contributed by atoms with van der Waals surface area (Å²) in [6.45, 7) is 7.81. The van der Waals surface area contributed by atoms with E-state index in [-0.39, 0.29) is 29.9 Å². The second-order valence-corrected chi connectivity index (χ2v) is 7.48. The molecule has 0 saturated carbocycles. The van der Waals surface area contributed by atoms with Crippen molar-refractivity contribution in [2.24, 2.45) is 10.9 Å². The number of likely N-dealkylation sites (tertiary alicyclic amines) is 1. The Morgan fingerprint density at radius 3 is 2.67 bits per heavy atom. The van der Waals surface area contributed by atoms with Crippen molar-refractivity contribution in [3.63, 3.8) is 0 Å². The van der Waals surface area contributed by atoms with Crippen LogP contribution < -0.4 is 10.6 Å². The Balaban J connectivity index is 0.00000364. The molecular formula is C21H35IN4O. The van der Waals surface area contributed by atoms with E-state index in [2.05, 4.69) is 53.7 Å². The number of rotatable bonds is 9. The lowest BCUT2D eigenvalue weighted by Crippen LogP contribution is -2.37. The fourth-order valence-corrected chi connectivity index (χ4v) is 3.22. The molecule has 0 atom stereocenters. The molecule has 27 heavy (non-hydrogen) atoms. The summed E-state index contributed by atoms with van der Waals surface area (Å²) in [4.78, 5) is 18.0. The Kier molecular flexibility index (Phi) is 11.4. The summed E-state index contributed by atoms with van der Waals surface area (Å²) in [5.41, 5.74) is 2.40. The van der Waals surface area contributed by atoms with E-state index >= 15 is 0 Å². The van der Waals surface area contributed by atoms with E-state index in [4.69, 9.17) is 0 Å². The van der Waals surface area contributed by atoms with Crippen LogP contribution in [0.4, 0.5) is 0 Å². The summed E-state index contributed by atoms with van der Waals surface area (Å²) < 4.78 is 0. The van der Waals surface area contributed by atoms with Crippen LogP contribution in [-0.4, -0.2) is 36.9 Å². The Morgan fingerprint density at radius 1 is 1.22 bits per heavy atom. The minimum atomic E-state index is 0. The van der Waals surface area contributed by atoms with Crippen LogP contribution in [0.1, 0.15) is 57.1 Å². The van der Waals surface area contributed by atoms with Gasteiger partial charge < -0.3 is 15.5 Å². The second-order valence-electron chi connectivity index (χ2n) is 7.48. The molecule has 1 heterocycles. The third kappa shape index (κ3) is 8.95. The third-order valence-corrected chi connectivity index (χ3v) is 4.72. The molecule has 1 saturated heterocycles. The van der Waals surface area contributed by atoms with Gasteiger partial charge in [-0.05, 0) is 29.9 Å². The quantitative estimate of drug-likeness (QED) is 0.241. The first-order valence-electron chi connectivity index (χ1n) is 9.88. The average molecular weight is 486 g/mol. The van der Waals surface area contributed by atoms with Crippen LogP contribution >= 0.6 is 24.0 Å². The standard InChI is InChI=1S/C21H34N4O.HI/c1-17(2)8-4-5-12-23-21(22-3)24-15-18-9-6-10-19(14-18)16-25-13-7-11-20(25)26;/h6,9-10,14,17H,4-5,7-8,11-13,15-16H2,1-3H3,(H2,22,23,24);1H. The number of amides is 1. The maximum Gasteiger partial charge on any atom is 0.222 e. The minimum Gasteiger partial charge on any atom is -0.356 e. The van der Waals surface area contributed by atoms with Gasteiger partial charge in [0, 0.05) is 39.6 Å². The molecule has 1 aromatic carbocycles. The highest BCUT2D eigenvalue weighted by atomic mass is 127. The number of guanidine groups is 1. The van der Waals surface area contributed by atoms with Crippen molar-refractivity contribution >= 4 is 35.8 Å². The van der Waals surface area contributed by atoms with E-state index in [0.29, 0.717) is 6.42 Å². The number of unbranched alkanes of at least 4 members (excludes halogenated alkanes) is 1. The van der Waals surface area contributed by atoms with Gasteiger partial charge in [0.25, 0.3) is 0 Å². The molecule has 2 rings (SSSR count). The van der Waals surface area contributed by atoms with Crippen LogP contribution in [0.3, 0.4) is 0 Å². The van der Waals surface area contributed by atoms with Gasteiger partial charge in [0.05, 0.1) is 0 Å². The van der Waals surface area contributed by atoms with Gasteiger partial charge in [-0.15, -0.1) is 24.0 Å². The molecule has 1 amide bonds. The molecule has 152 valence electrons. The smallest absolute Gasteiger partial charge is 0.222 e. The highest BCUT2D eigenvalue weighted by Crippen LogP contribution is 2.15. The molecule has 0 aliphatic carbocycles. The summed E-state index contributed by atoms with van der Waals surface area (Å²) in [5.74, 6) is 1.89. The van der Waals surface area contributed by atoms with Crippen molar-refractivity contribution in [1.82, 2.24) is 15.5 Å². The lowest BCUT2D eigenvalue weighted by molar-refractivity contribution is -0.128. The summed E-state index contributed by atoms with van der Waals surface area (Å²) in [6.07, 6.45) is 5.37. The molecule has 2 N–H and O–H groups in total. The predicted octanol–water partition coefficient (Wildman–Crippen LogP) is 3.92. The minimum absolute atomic E-state index is 0. The number of hydrogen-bond acceptors (Lipinski definition) is 2. The van der Waals surface area contributed by atoms with E-state index in [1.807, 2.05) is 4.90 Å². The Labute approximate surface area is 181 Å². The maximum atomic E-state index is 11.8. The number of aliphatic imine (C=N–C) groups is 1. The number of nitrogens with one attached hydrogen (secondary N) is 2. The van der Waals surface area contributed by atoms with Gasteiger partial charge in [-0.1, -0.05) is 51.0 Å². The van der Waals surface area contributed by atoms with Crippen LogP contribution in [0.2, 0.25) is 0 Å². The first-order valence-corrected chi connectivity index (χ1v) is 9.88. The van der Waals surface area contributed by atoms with Crippen molar-refractivity contribution < 1.29 is 4.79 Å². The van der Waals surface area contributed by atoms with E-state index in [1.165, 1.54) is 24.0 Å². The molecule has 1 aliphatic heterocycles. The highest BCUT2D eigenvalue weighted by Gasteiger charge is 2.19. The SMILES string of the molecule is CN=C(NCCCCC(C)C)NCc1cccc(CN2CCCC2=O)c1.I. The average Bonchev–Trinajstić information content (AvgIpc) is 3.02. The fourth-order valence-electron chi connectivity index (χ4n) is 3.22. The molecular weight excluding hydrogens is 451 g/mol. The fraction of sp³-hybridized carbons (Fsp3) is 0.619. The topological polar surface area (TPSA) is 56.7 Å². The first-order chi connectivity index (χ1) is 12.6. The monoisotopic (exact) mass is 486 g/mol. The van der Waals surface area contributed by atoms with Crippen molar-refractivity contribution in [3.05, 3.63) is 35.4 Å². The van der Waals surface area contributed by atoms with E-state index in [1.54, 1.807) is 7.05 Å². The van der Waals surface area contributed by atoms with E-state index < -0.39 is 0 Å². The molecule has 0 aromatic heterocycles. The molecule has 1 aromatic rings. The second kappa shape index (κ2) is 13.0. The maximum absolute atomic E-state index is 11.8. The molecule has 1 aliphatic rings. The first kappa shape index (κ1) is 23.7. The summed E-state index contributed by atoms with van der Waals surface area (Å²) in [5, 5.41) is 6.75. The number of benzene rings is 1. The normalized spacial score (nSPS) is 14.4. The van der Waals surface area contributed by atoms with Crippen molar-refractivity contribution in [1.29, 1.82) is 0 Å². The van der Waals surface area contributed by atoms with Gasteiger partial charge in [-0.2, -0.15) is 0 Å². The van der Waals surface area contributed by atoms with Crippen LogP contribution in [-0.2, 0) is 17.9 Å². The number of carbonyl (C=O) groups excluding carboxylic acids is 1. The molecule has 0 bridgehead atoms. The Hall–Kier alpha value is -1.31. The number of carbonyl (C=O) groups is 1. The Bertz CT molecular complexity index is 604. The van der Waals surface area contributed by atoms with Crippen molar-refractivity contribution in [2.75, 3.05) is 20.1 Å². The van der Waals surface area contributed by atoms with Gasteiger partial charge in [0.1, 0.15) is 0 Å². The lowest BCUT2D eigenvalue weighted by atomic mass is 10.1. The molecule has 0 radical (unpaired) electrons. The van der Waals surface area contributed by atoms with Crippen LogP contribution in [0.5, 0.6) is 0 Å². The van der Waals surface area contributed by atoms with Gasteiger partial charge in [-0.25, -0.2) is 0 Å².